The maximum absolute atomic E-state index is 13.4. The third-order valence-corrected chi connectivity index (χ3v) is 20.6. The monoisotopic (exact) mass is 836 g/mol. The summed E-state index contributed by atoms with van der Waals surface area (Å²) in [6.45, 7) is 20.7. The molecule has 6 heterocycles. The minimum atomic E-state index is -3.75. The van der Waals surface area contributed by atoms with Gasteiger partial charge in [-0.2, -0.15) is 10.2 Å². The van der Waals surface area contributed by atoms with E-state index in [-0.39, 0.29) is 4.90 Å². The number of halogens is 1. The van der Waals surface area contributed by atoms with Crippen molar-refractivity contribution >= 4 is 84.7 Å². The van der Waals surface area contributed by atoms with Crippen LogP contribution in [0.1, 0.15) is 72.1 Å². The molecule has 0 aliphatic heterocycles. The van der Waals surface area contributed by atoms with Gasteiger partial charge in [0.2, 0.25) is 0 Å². The topological polar surface area (TPSA) is 105 Å². The van der Waals surface area contributed by atoms with Crippen molar-refractivity contribution < 1.29 is 8.42 Å². The van der Waals surface area contributed by atoms with E-state index in [4.69, 9.17) is 4.98 Å². The van der Waals surface area contributed by atoms with Gasteiger partial charge in [0.05, 0.1) is 33.7 Å². The van der Waals surface area contributed by atoms with Crippen molar-refractivity contribution in [2.75, 3.05) is 0 Å². The number of pyridine rings is 2. The Kier molecular flexibility index (Phi) is 10.0. The average molecular weight is 837 g/mol. The third-order valence-electron chi connectivity index (χ3n) is 10.7. The van der Waals surface area contributed by atoms with Crippen molar-refractivity contribution in [1.82, 2.24) is 37.7 Å². The van der Waals surface area contributed by atoms with Crippen molar-refractivity contribution in [2.45, 2.75) is 96.7 Å². The first kappa shape index (κ1) is 37.2. The lowest BCUT2D eigenvalue weighted by molar-refractivity contribution is 0.587. The van der Waals surface area contributed by atoms with Crippen molar-refractivity contribution in [3.8, 4) is 0 Å². The molecule has 0 unspecified atom stereocenters. The molecular weight excluding hydrogens is 788 g/mol. The summed E-state index contributed by atoms with van der Waals surface area (Å²) in [5, 5.41) is 13.0. The van der Waals surface area contributed by atoms with Gasteiger partial charge in [-0.05, 0) is 82.2 Å². The number of aromatic nitrogens is 8. The highest BCUT2D eigenvalue weighted by molar-refractivity contribution is 14.1. The lowest BCUT2D eigenvalue weighted by Crippen LogP contribution is -2.51. The molecule has 51 heavy (non-hydrogen) atoms. The molecular formula is C38H49IN8O2SSi. The molecule has 6 aromatic heterocycles. The number of benzene rings is 1. The van der Waals surface area contributed by atoms with Crippen LogP contribution in [0.4, 0.5) is 0 Å². The number of hydrogen-bond acceptors (Lipinski definition) is 6. The van der Waals surface area contributed by atoms with E-state index in [0.29, 0.717) is 32.4 Å². The standard InChI is InChI=1S/C20H32N4Si.C18H17IN4O2S/c1-9-16-12-24(25(13(2)3,14(4)5)15(6)7)20-18(16)19-17(10-21-20)11-22-23(19)8;1-4-14-15-16-12(10-21-22(16)3)9-20-18(15)23(17(14)19)26(24,25)13-7-5-11(2)6-8-13/h10-15H,9H2,1-8H3;5-10H,4H2,1-3H3. The fourth-order valence-electron chi connectivity index (χ4n) is 8.58. The molecule has 270 valence electrons. The van der Waals surface area contributed by atoms with E-state index in [1.54, 1.807) is 41.3 Å². The van der Waals surface area contributed by atoms with Crippen LogP contribution in [-0.2, 0) is 37.0 Å². The Morgan fingerprint density at radius 1 is 0.745 bits per heavy atom. The predicted octanol–water partition coefficient (Wildman–Crippen LogP) is 9.14. The highest BCUT2D eigenvalue weighted by Crippen LogP contribution is 2.45. The highest BCUT2D eigenvalue weighted by atomic mass is 127. The van der Waals surface area contributed by atoms with Crippen LogP contribution in [0.25, 0.3) is 43.9 Å². The minimum absolute atomic E-state index is 0.257. The Bertz CT molecular complexity index is 2480. The largest absolute Gasteiger partial charge is 0.358 e. The molecule has 0 saturated carbocycles. The number of fused-ring (bicyclic) bond motifs is 6. The summed E-state index contributed by atoms with van der Waals surface area (Å²) in [5.41, 5.74) is 9.07. The Balaban J connectivity index is 0.000000176. The Labute approximate surface area is 315 Å². The lowest BCUT2D eigenvalue weighted by Gasteiger charge is -2.44. The first-order chi connectivity index (χ1) is 24.1. The molecule has 0 aliphatic rings. The van der Waals surface area contributed by atoms with Crippen LogP contribution in [0.5, 0.6) is 0 Å². The third kappa shape index (κ3) is 5.74. The van der Waals surface area contributed by atoms with Gasteiger partial charge >= 0.3 is 0 Å². The van der Waals surface area contributed by atoms with Gasteiger partial charge < -0.3 is 4.23 Å². The van der Waals surface area contributed by atoms with E-state index in [0.717, 1.165) is 44.9 Å². The second-order valence-electron chi connectivity index (χ2n) is 14.5. The van der Waals surface area contributed by atoms with Crippen molar-refractivity contribution in [2.24, 2.45) is 14.1 Å². The molecule has 0 spiro atoms. The van der Waals surface area contributed by atoms with Gasteiger partial charge in [0.1, 0.15) is 9.35 Å². The molecule has 0 bridgehead atoms. The quantitative estimate of drug-likeness (QED) is 0.112. The first-order valence-electron chi connectivity index (χ1n) is 17.7. The van der Waals surface area contributed by atoms with Crippen LogP contribution in [0.3, 0.4) is 0 Å². The second-order valence-corrected chi connectivity index (χ2v) is 23.0. The van der Waals surface area contributed by atoms with Crippen molar-refractivity contribution in [1.29, 1.82) is 0 Å². The molecule has 0 fully saturated rings. The molecule has 0 aliphatic carbocycles. The van der Waals surface area contributed by atoms with Gasteiger partial charge in [-0.15, -0.1) is 0 Å². The first-order valence-corrected chi connectivity index (χ1v) is 22.4. The Hall–Kier alpha value is -3.56. The zero-order chi connectivity index (χ0) is 37.2. The number of rotatable bonds is 8. The zero-order valence-corrected chi connectivity index (χ0v) is 35.5. The van der Waals surface area contributed by atoms with E-state index in [1.807, 2.05) is 45.0 Å². The average Bonchev–Trinajstić information content (AvgIpc) is 3.83. The number of hydrogen-bond donors (Lipinski definition) is 0. The predicted molar refractivity (Wildman–Crippen MR) is 220 cm³/mol. The van der Waals surface area contributed by atoms with Crippen LogP contribution in [0.15, 0.2) is 60.1 Å². The number of aryl methyl sites for hydroxylation is 5. The fraction of sp³-hybridized carbons (Fsp3) is 0.421. The van der Waals surface area contributed by atoms with E-state index in [1.165, 1.54) is 20.4 Å². The summed E-state index contributed by atoms with van der Waals surface area (Å²) in [4.78, 5) is 9.69. The van der Waals surface area contributed by atoms with Crippen LogP contribution in [-0.4, -0.2) is 54.4 Å². The van der Waals surface area contributed by atoms with Gasteiger partial charge in [-0.25, -0.2) is 22.4 Å². The minimum Gasteiger partial charge on any atom is -0.358 e. The summed E-state index contributed by atoms with van der Waals surface area (Å²) in [6.07, 6.45) is 11.5. The van der Waals surface area contributed by atoms with Crippen LogP contribution < -0.4 is 0 Å². The van der Waals surface area contributed by atoms with Gasteiger partial charge in [-0.3, -0.25) is 9.36 Å². The molecule has 0 saturated heterocycles. The van der Waals surface area contributed by atoms with E-state index < -0.39 is 18.3 Å². The molecule has 0 amide bonds. The summed E-state index contributed by atoms with van der Waals surface area (Å²) in [7, 11) is -1.67. The maximum Gasteiger partial charge on any atom is 0.270 e. The van der Waals surface area contributed by atoms with E-state index in [9.17, 15) is 8.42 Å². The molecule has 1 aromatic carbocycles. The smallest absolute Gasteiger partial charge is 0.270 e. The van der Waals surface area contributed by atoms with Crippen molar-refractivity contribution in [3.05, 3.63) is 75.6 Å². The van der Waals surface area contributed by atoms with E-state index >= 15 is 0 Å². The van der Waals surface area contributed by atoms with Gasteiger partial charge in [-0.1, -0.05) is 73.1 Å². The van der Waals surface area contributed by atoms with Gasteiger partial charge in [0, 0.05) is 48.8 Å². The maximum atomic E-state index is 13.4. The van der Waals surface area contributed by atoms with Crippen molar-refractivity contribution in [3.63, 3.8) is 0 Å². The normalized spacial score (nSPS) is 12.8. The zero-order valence-electron chi connectivity index (χ0n) is 31.5. The lowest BCUT2D eigenvalue weighted by atomic mass is 10.1. The summed E-state index contributed by atoms with van der Waals surface area (Å²) < 4.78 is 35.2. The number of nitrogens with zero attached hydrogens (tertiary/aromatic N) is 8. The summed E-state index contributed by atoms with van der Waals surface area (Å²) in [5.74, 6) is 0. The molecule has 10 nitrogen and oxygen atoms in total. The Morgan fingerprint density at radius 3 is 1.75 bits per heavy atom. The molecule has 13 heteroatoms. The van der Waals surface area contributed by atoms with Crippen LogP contribution in [0, 0.1) is 10.6 Å². The van der Waals surface area contributed by atoms with Gasteiger partial charge in [0.25, 0.3) is 10.0 Å². The summed E-state index contributed by atoms with van der Waals surface area (Å²) in [6, 6.07) is 6.89. The van der Waals surface area contributed by atoms with Crippen LogP contribution in [0.2, 0.25) is 16.6 Å². The summed E-state index contributed by atoms with van der Waals surface area (Å²) >= 11 is 2.11. The van der Waals surface area contributed by atoms with Gasteiger partial charge in [0.15, 0.2) is 13.9 Å². The fourth-order valence-corrected chi connectivity index (χ4v) is 18.2. The Morgan fingerprint density at radius 2 is 1.25 bits per heavy atom. The molecule has 0 atom stereocenters. The highest BCUT2D eigenvalue weighted by Gasteiger charge is 2.46. The second kappa shape index (κ2) is 13.8. The SMILES string of the molecule is CCc1c(I)n(S(=O)(=O)c2ccc(C)cc2)c2ncc3cnn(C)c3c12.CCc1cn([Si](C(C)C)(C(C)C)C(C)C)c2ncc3cnn(C)c3c12. The van der Waals surface area contributed by atoms with E-state index in [2.05, 4.69) is 96.7 Å². The molecule has 7 rings (SSSR count). The molecule has 7 aromatic rings. The molecule has 0 radical (unpaired) electrons. The van der Waals surface area contributed by atoms with Crippen LogP contribution >= 0.6 is 22.6 Å². The molecule has 0 N–H and O–H groups in total.